The fraction of sp³-hybridized carbons (Fsp3) is 0.571. The second-order valence-electron chi connectivity index (χ2n) is 6.33. The molecule has 1 aromatic carbocycles. The first kappa shape index (κ1) is 15.6. The van der Waals surface area contributed by atoms with Crippen LogP contribution in [0.3, 0.4) is 0 Å². The van der Waals surface area contributed by atoms with Crippen molar-refractivity contribution < 1.29 is 4.21 Å². The molecule has 4 heteroatoms. The van der Waals surface area contributed by atoms with Crippen LogP contribution in [-0.2, 0) is 10.8 Å². The van der Waals surface area contributed by atoms with Gasteiger partial charge in [-0.25, -0.2) is 0 Å². The minimum absolute atomic E-state index is 0.119. The lowest BCUT2D eigenvalue weighted by Gasteiger charge is -2.21. The Hall–Kier alpha value is -0.480. The van der Waals surface area contributed by atoms with Crippen molar-refractivity contribution in [2.75, 3.05) is 5.73 Å². The molecule has 0 fully saturated rings. The Labute approximate surface area is 117 Å². The third-order valence-corrected chi connectivity index (χ3v) is 4.96. The van der Waals surface area contributed by atoms with Gasteiger partial charge in [-0.1, -0.05) is 20.8 Å². The Balaban J connectivity index is 3.13. The van der Waals surface area contributed by atoms with E-state index in [1.165, 1.54) is 0 Å². The molecule has 0 aromatic heterocycles. The van der Waals surface area contributed by atoms with Crippen LogP contribution in [0.4, 0.5) is 5.69 Å². The standard InChI is InChI=1S/C14H23NOS2/c1-13(2,3)17-11-7-10(15)8-12(9-11)18(16)14(4,5)6/h7-9H,15H2,1-6H3/t18-/m0/s1. The normalized spacial score (nSPS) is 14.6. The Morgan fingerprint density at radius 2 is 1.61 bits per heavy atom. The van der Waals surface area contributed by atoms with Gasteiger partial charge in [-0.15, -0.1) is 11.8 Å². The molecule has 0 bridgehead atoms. The third-order valence-electron chi connectivity index (χ3n) is 2.10. The number of nitrogens with two attached hydrogens (primary N) is 1. The summed E-state index contributed by atoms with van der Waals surface area (Å²) in [6.45, 7) is 12.4. The lowest BCUT2D eigenvalue weighted by atomic mass is 10.3. The smallest absolute Gasteiger partial charge is 0.0584 e. The third kappa shape index (κ3) is 4.65. The van der Waals surface area contributed by atoms with E-state index in [9.17, 15) is 4.21 Å². The monoisotopic (exact) mass is 285 g/mol. The zero-order valence-corrected chi connectivity index (χ0v) is 13.7. The minimum Gasteiger partial charge on any atom is -0.399 e. The van der Waals surface area contributed by atoms with Crippen LogP contribution in [0, 0.1) is 0 Å². The highest BCUT2D eigenvalue weighted by Crippen LogP contribution is 2.35. The molecule has 0 amide bonds. The van der Waals surface area contributed by atoms with E-state index in [0.717, 1.165) is 9.79 Å². The lowest BCUT2D eigenvalue weighted by Crippen LogP contribution is -2.21. The van der Waals surface area contributed by atoms with Crippen molar-refractivity contribution in [3.05, 3.63) is 18.2 Å². The summed E-state index contributed by atoms with van der Waals surface area (Å²) in [6, 6.07) is 5.75. The molecular formula is C14H23NOS2. The highest BCUT2D eigenvalue weighted by atomic mass is 32.2. The van der Waals surface area contributed by atoms with E-state index < -0.39 is 10.8 Å². The molecule has 0 aliphatic carbocycles. The molecule has 0 radical (unpaired) electrons. The molecule has 0 aliphatic rings. The van der Waals surface area contributed by atoms with Gasteiger partial charge in [-0.2, -0.15) is 0 Å². The average Bonchev–Trinajstić information content (AvgIpc) is 2.11. The SMILES string of the molecule is CC(C)(C)Sc1cc(N)cc([S@](=O)C(C)(C)C)c1. The Kier molecular flexibility index (Phi) is 4.55. The second-order valence-corrected chi connectivity index (χ2v) is 10.5. The second kappa shape index (κ2) is 5.25. The van der Waals surface area contributed by atoms with Crippen molar-refractivity contribution >= 4 is 28.2 Å². The van der Waals surface area contributed by atoms with Crippen LogP contribution in [0.1, 0.15) is 41.5 Å². The first-order chi connectivity index (χ1) is 7.99. The number of benzene rings is 1. The summed E-state index contributed by atoms with van der Waals surface area (Å²) >= 11 is 1.74. The van der Waals surface area contributed by atoms with Crippen LogP contribution in [-0.4, -0.2) is 13.7 Å². The summed E-state index contributed by atoms with van der Waals surface area (Å²) in [7, 11) is -1.04. The molecule has 18 heavy (non-hydrogen) atoms. The molecule has 0 saturated heterocycles. The van der Waals surface area contributed by atoms with Crippen molar-refractivity contribution in [3.63, 3.8) is 0 Å². The summed E-state index contributed by atoms with van der Waals surface area (Å²) in [5.74, 6) is 0. The number of hydrogen-bond donors (Lipinski definition) is 1. The fourth-order valence-electron chi connectivity index (χ4n) is 1.47. The molecule has 1 rings (SSSR count). The molecule has 2 N–H and O–H groups in total. The summed E-state index contributed by atoms with van der Waals surface area (Å²) in [6.07, 6.45) is 0. The summed E-state index contributed by atoms with van der Waals surface area (Å²) in [5.41, 5.74) is 6.59. The zero-order valence-electron chi connectivity index (χ0n) is 12.0. The maximum Gasteiger partial charge on any atom is 0.0584 e. The van der Waals surface area contributed by atoms with Gasteiger partial charge in [0.15, 0.2) is 0 Å². The number of anilines is 1. The summed E-state index contributed by atoms with van der Waals surface area (Å²) in [4.78, 5) is 1.89. The van der Waals surface area contributed by atoms with E-state index in [-0.39, 0.29) is 9.49 Å². The van der Waals surface area contributed by atoms with Gasteiger partial charge in [0.05, 0.1) is 10.8 Å². The zero-order chi connectivity index (χ0) is 14.1. The van der Waals surface area contributed by atoms with Crippen LogP contribution in [0.15, 0.2) is 28.0 Å². The largest absolute Gasteiger partial charge is 0.399 e. The van der Waals surface area contributed by atoms with E-state index in [0.29, 0.717) is 5.69 Å². The van der Waals surface area contributed by atoms with Crippen LogP contribution >= 0.6 is 11.8 Å². The maximum atomic E-state index is 12.4. The molecule has 0 saturated carbocycles. The Morgan fingerprint density at radius 3 is 2.06 bits per heavy atom. The highest BCUT2D eigenvalue weighted by molar-refractivity contribution is 8.00. The van der Waals surface area contributed by atoms with Crippen molar-refractivity contribution in [3.8, 4) is 0 Å². The van der Waals surface area contributed by atoms with Crippen molar-refractivity contribution in [1.82, 2.24) is 0 Å². The highest BCUT2D eigenvalue weighted by Gasteiger charge is 2.22. The predicted molar refractivity (Wildman–Crippen MR) is 82.6 cm³/mol. The Bertz CT molecular complexity index is 456. The van der Waals surface area contributed by atoms with Gasteiger partial charge in [0.1, 0.15) is 0 Å². The number of rotatable bonds is 2. The van der Waals surface area contributed by atoms with Gasteiger partial charge in [0, 0.05) is 25.0 Å². The van der Waals surface area contributed by atoms with Crippen molar-refractivity contribution in [2.24, 2.45) is 0 Å². The van der Waals surface area contributed by atoms with E-state index >= 15 is 0 Å². The predicted octanol–water partition coefficient (Wildman–Crippen LogP) is 4.07. The van der Waals surface area contributed by atoms with Gasteiger partial charge in [-0.05, 0) is 39.0 Å². The first-order valence-corrected chi connectivity index (χ1v) is 7.97. The van der Waals surface area contributed by atoms with Crippen LogP contribution in [0.2, 0.25) is 0 Å². The van der Waals surface area contributed by atoms with Gasteiger partial charge in [-0.3, -0.25) is 4.21 Å². The summed E-state index contributed by atoms with van der Waals surface area (Å²) < 4.78 is 12.2. The van der Waals surface area contributed by atoms with Gasteiger partial charge >= 0.3 is 0 Å². The van der Waals surface area contributed by atoms with E-state index in [1.807, 2.05) is 39.0 Å². The number of nitrogen functional groups attached to an aromatic ring is 1. The average molecular weight is 285 g/mol. The van der Waals surface area contributed by atoms with E-state index in [2.05, 4.69) is 20.8 Å². The minimum atomic E-state index is -1.04. The van der Waals surface area contributed by atoms with E-state index in [1.54, 1.807) is 11.8 Å². The Morgan fingerprint density at radius 1 is 1.06 bits per heavy atom. The first-order valence-electron chi connectivity index (χ1n) is 6.00. The molecule has 0 aliphatic heterocycles. The van der Waals surface area contributed by atoms with Crippen LogP contribution in [0.5, 0.6) is 0 Å². The van der Waals surface area contributed by atoms with Crippen molar-refractivity contribution in [1.29, 1.82) is 0 Å². The quantitative estimate of drug-likeness (QED) is 0.658. The van der Waals surface area contributed by atoms with Gasteiger partial charge < -0.3 is 5.73 Å². The van der Waals surface area contributed by atoms with Crippen LogP contribution in [0.25, 0.3) is 0 Å². The molecule has 0 unspecified atom stereocenters. The lowest BCUT2D eigenvalue weighted by molar-refractivity contribution is 0.648. The number of hydrogen-bond acceptors (Lipinski definition) is 3. The summed E-state index contributed by atoms with van der Waals surface area (Å²) in [5, 5.41) is 0. The molecule has 2 nitrogen and oxygen atoms in total. The van der Waals surface area contributed by atoms with E-state index in [4.69, 9.17) is 5.73 Å². The number of thioether (sulfide) groups is 1. The molecule has 0 heterocycles. The molecular weight excluding hydrogens is 262 g/mol. The van der Waals surface area contributed by atoms with Crippen molar-refractivity contribution in [2.45, 2.75) is 60.8 Å². The molecule has 0 spiro atoms. The maximum absolute atomic E-state index is 12.4. The molecule has 102 valence electrons. The fourth-order valence-corrected chi connectivity index (χ4v) is 3.81. The molecule has 1 atom stereocenters. The van der Waals surface area contributed by atoms with Crippen LogP contribution < -0.4 is 5.73 Å². The van der Waals surface area contributed by atoms with Gasteiger partial charge in [0.2, 0.25) is 0 Å². The molecule has 1 aromatic rings. The van der Waals surface area contributed by atoms with Gasteiger partial charge in [0.25, 0.3) is 0 Å². The topological polar surface area (TPSA) is 43.1 Å².